The zero-order chi connectivity index (χ0) is 16.0. The van der Waals surface area contributed by atoms with E-state index in [-0.39, 0.29) is 27.5 Å². The van der Waals surface area contributed by atoms with Gasteiger partial charge in [-0.15, -0.1) is 26.3 Å². The summed E-state index contributed by atoms with van der Waals surface area (Å²) in [5, 5.41) is -0.723. The van der Waals surface area contributed by atoms with Crippen LogP contribution >= 0.6 is 0 Å². The van der Waals surface area contributed by atoms with Crippen molar-refractivity contribution in [3.05, 3.63) is 50.6 Å². The molecule has 0 aromatic carbocycles. The molecule has 0 aromatic heterocycles. The van der Waals surface area contributed by atoms with E-state index in [0.29, 0.717) is 26.2 Å². The minimum Gasteiger partial charge on any atom is -0.719 e. The Balaban J connectivity index is -0.000000295. The zero-order valence-corrected chi connectivity index (χ0v) is 14.4. The number of carbonyl (C=O) groups excluding carboxylic acids is 2. The van der Waals surface area contributed by atoms with E-state index in [0.717, 1.165) is 0 Å². The van der Waals surface area contributed by atoms with Crippen LogP contribution in [0.4, 0.5) is 9.59 Å². The Morgan fingerprint density at radius 3 is 1.00 bits per heavy atom. The van der Waals surface area contributed by atoms with E-state index in [1.54, 1.807) is 24.3 Å². The normalized spacial score (nSPS) is 8.00. The number of hydrogen-bond acceptors (Lipinski definition) is 4. The van der Waals surface area contributed by atoms with Crippen LogP contribution in [0.25, 0.3) is 0 Å². The molecule has 0 aliphatic heterocycles. The van der Waals surface area contributed by atoms with Gasteiger partial charge in [0.1, 0.15) is 10.5 Å². The first kappa shape index (κ1) is 24.9. The van der Waals surface area contributed by atoms with E-state index < -0.39 is 0 Å². The minimum absolute atomic E-state index is 0. The molecule has 21 heavy (non-hydrogen) atoms. The monoisotopic (exact) mass is 375 g/mol. The van der Waals surface area contributed by atoms with Gasteiger partial charge in [0.25, 0.3) is 0 Å². The molecule has 0 atom stereocenters. The molecule has 0 fully saturated rings. The average Bonchev–Trinajstić information content (AvgIpc) is 2.38. The summed E-state index contributed by atoms with van der Waals surface area (Å²) >= 11 is 8.85. The number of rotatable bonds is 8. The first-order valence-electron chi connectivity index (χ1n) is 5.79. The van der Waals surface area contributed by atoms with Gasteiger partial charge in [0, 0.05) is 26.2 Å². The second-order valence-corrected chi connectivity index (χ2v) is 4.19. The molecule has 0 N–H and O–H groups in total. The third-order valence-corrected chi connectivity index (χ3v) is 2.43. The molecule has 2 amide bonds. The summed E-state index contributed by atoms with van der Waals surface area (Å²) in [4.78, 5) is 24.1. The van der Waals surface area contributed by atoms with Crippen LogP contribution in [0.15, 0.2) is 50.6 Å². The Hall–Kier alpha value is -1.14. The van der Waals surface area contributed by atoms with Gasteiger partial charge in [-0.2, -0.15) is 0 Å². The van der Waals surface area contributed by atoms with E-state index >= 15 is 0 Å². The number of hydrogen-bond donors (Lipinski definition) is 0. The van der Waals surface area contributed by atoms with Crippen molar-refractivity contribution in [1.29, 1.82) is 0 Å². The first-order chi connectivity index (χ1) is 9.44. The molecular formula is C14H20CuN2O2S2. The minimum atomic E-state index is -0.361. The predicted molar refractivity (Wildman–Crippen MR) is 89.5 cm³/mol. The van der Waals surface area contributed by atoms with Crippen LogP contribution in [-0.4, -0.2) is 46.5 Å². The summed E-state index contributed by atoms with van der Waals surface area (Å²) in [5.74, 6) is 0. The number of nitrogens with zero attached hydrogens (tertiary/aromatic N) is 2. The second kappa shape index (κ2) is 16.9. The van der Waals surface area contributed by atoms with Gasteiger partial charge in [-0.05, 0) is 0 Å². The Kier molecular flexibility index (Phi) is 20.0. The molecule has 0 spiro atoms. The molecule has 1 radical (unpaired) electrons. The average molecular weight is 376 g/mol. The van der Waals surface area contributed by atoms with Crippen LogP contribution in [0.5, 0.6) is 0 Å². The summed E-state index contributed by atoms with van der Waals surface area (Å²) < 4.78 is 0. The maximum absolute atomic E-state index is 10.6. The summed E-state index contributed by atoms with van der Waals surface area (Å²) in [7, 11) is 0. The zero-order valence-electron chi connectivity index (χ0n) is 11.8. The molecule has 7 heteroatoms. The van der Waals surface area contributed by atoms with Gasteiger partial charge in [0.15, 0.2) is 0 Å². The van der Waals surface area contributed by atoms with Crippen LogP contribution in [0.3, 0.4) is 0 Å². The Morgan fingerprint density at radius 1 is 0.714 bits per heavy atom. The summed E-state index contributed by atoms with van der Waals surface area (Å²) in [6, 6.07) is 0. The predicted octanol–water partition coefficient (Wildman–Crippen LogP) is 2.65. The Morgan fingerprint density at radius 2 is 0.905 bits per heavy atom. The van der Waals surface area contributed by atoms with Crippen molar-refractivity contribution in [3.8, 4) is 0 Å². The molecule has 0 aliphatic rings. The maximum atomic E-state index is 10.6. The summed E-state index contributed by atoms with van der Waals surface area (Å²) in [6.45, 7) is 15.9. The van der Waals surface area contributed by atoms with E-state index in [1.165, 1.54) is 9.80 Å². The molecule has 0 aliphatic carbocycles. The van der Waals surface area contributed by atoms with Gasteiger partial charge < -0.3 is 44.6 Å². The van der Waals surface area contributed by atoms with Gasteiger partial charge in [-0.3, -0.25) is 0 Å². The molecule has 0 unspecified atom stereocenters. The molecule has 0 heterocycles. The van der Waals surface area contributed by atoms with Crippen molar-refractivity contribution < 1.29 is 26.7 Å². The molecule has 0 aromatic rings. The molecule has 0 bridgehead atoms. The van der Waals surface area contributed by atoms with Crippen molar-refractivity contribution >= 4 is 35.7 Å². The molecule has 0 saturated heterocycles. The topological polar surface area (TPSA) is 40.6 Å². The molecular weight excluding hydrogens is 356 g/mol. The van der Waals surface area contributed by atoms with Gasteiger partial charge in [0.2, 0.25) is 0 Å². The van der Waals surface area contributed by atoms with Gasteiger partial charge >= 0.3 is 17.1 Å². The molecule has 0 saturated carbocycles. The van der Waals surface area contributed by atoms with Crippen LogP contribution in [0.1, 0.15) is 0 Å². The number of carbonyl (C=O) groups is 2. The fraction of sp³-hybridized carbons (Fsp3) is 0.286. The largest absolute Gasteiger partial charge is 2.00 e. The van der Waals surface area contributed by atoms with Crippen LogP contribution in [-0.2, 0) is 42.3 Å². The fourth-order valence-electron chi connectivity index (χ4n) is 1.07. The Labute approximate surface area is 148 Å². The van der Waals surface area contributed by atoms with Crippen molar-refractivity contribution in [1.82, 2.24) is 9.80 Å². The van der Waals surface area contributed by atoms with Gasteiger partial charge in [0.05, 0.1) is 0 Å². The van der Waals surface area contributed by atoms with Gasteiger partial charge in [-0.1, -0.05) is 24.3 Å². The molecule has 121 valence electrons. The third-order valence-electron chi connectivity index (χ3n) is 1.91. The second-order valence-electron chi connectivity index (χ2n) is 3.50. The standard InChI is InChI=1S/2C7H11NOS.Cu/c2*1-3-5-8(6-4-2)7(9)10;/h2*3-4H,1-2,5-6H2,(H,9,10);/q;;+2/p-2. The first-order valence-corrected chi connectivity index (χ1v) is 6.61. The van der Waals surface area contributed by atoms with Crippen molar-refractivity contribution in [2.45, 2.75) is 0 Å². The van der Waals surface area contributed by atoms with E-state index in [1.807, 2.05) is 0 Å². The van der Waals surface area contributed by atoms with Gasteiger partial charge in [-0.25, -0.2) is 0 Å². The van der Waals surface area contributed by atoms with Crippen LogP contribution in [0, 0.1) is 0 Å². The van der Waals surface area contributed by atoms with Crippen LogP contribution < -0.4 is 0 Å². The fourth-order valence-corrected chi connectivity index (χ4v) is 1.37. The number of amides is 2. The smallest absolute Gasteiger partial charge is 0.719 e. The summed E-state index contributed by atoms with van der Waals surface area (Å²) in [6.07, 6.45) is 6.53. The SMILES string of the molecule is C=CCN(CC=C)C(=O)[S-].C=CCN(CC=C)C(=O)[S-].[Cu+2]. The van der Waals surface area contributed by atoms with Crippen molar-refractivity contribution in [2.24, 2.45) is 0 Å². The van der Waals surface area contributed by atoms with E-state index in [9.17, 15) is 9.59 Å². The Bertz CT molecular complexity index is 309. The van der Waals surface area contributed by atoms with Crippen molar-refractivity contribution in [2.75, 3.05) is 26.2 Å². The van der Waals surface area contributed by atoms with E-state index in [2.05, 4.69) is 51.6 Å². The molecule has 0 rings (SSSR count). The van der Waals surface area contributed by atoms with Crippen LogP contribution in [0.2, 0.25) is 0 Å². The quantitative estimate of drug-likeness (QED) is 0.371. The van der Waals surface area contributed by atoms with Crippen molar-refractivity contribution in [3.63, 3.8) is 0 Å². The summed E-state index contributed by atoms with van der Waals surface area (Å²) in [5.41, 5.74) is 0. The molecule has 4 nitrogen and oxygen atoms in total. The maximum Gasteiger partial charge on any atom is 2.00 e. The third kappa shape index (κ3) is 15.1. The van der Waals surface area contributed by atoms with E-state index in [4.69, 9.17) is 0 Å².